The first-order chi connectivity index (χ1) is 14.1. The normalized spacial score (nSPS) is 21.6. The number of hydrogen-bond acceptors (Lipinski definition) is 5. The quantitative estimate of drug-likeness (QED) is 0.795. The van der Waals surface area contributed by atoms with Gasteiger partial charge in [0.2, 0.25) is 5.91 Å². The van der Waals surface area contributed by atoms with Crippen LogP contribution in [0.3, 0.4) is 0 Å². The van der Waals surface area contributed by atoms with Gasteiger partial charge in [0.05, 0.1) is 12.0 Å². The van der Waals surface area contributed by atoms with E-state index in [1.54, 1.807) is 0 Å². The maximum atomic E-state index is 13.8. The van der Waals surface area contributed by atoms with E-state index in [0.717, 1.165) is 49.2 Å². The van der Waals surface area contributed by atoms with E-state index in [9.17, 15) is 4.79 Å². The van der Waals surface area contributed by atoms with Crippen LogP contribution in [0, 0.1) is 13.8 Å². The van der Waals surface area contributed by atoms with Gasteiger partial charge in [0.15, 0.2) is 0 Å². The van der Waals surface area contributed by atoms with Gasteiger partial charge in [-0.3, -0.25) is 4.79 Å². The summed E-state index contributed by atoms with van der Waals surface area (Å²) in [6, 6.07) is 12.5. The number of nitrogens with zero attached hydrogens (tertiary/aromatic N) is 3. The average Bonchev–Trinajstić information content (AvgIpc) is 2.74. The Morgan fingerprint density at radius 3 is 2.52 bits per heavy atom. The molecule has 1 atom stereocenters. The van der Waals surface area contributed by atoms with E-state index in [1.807, 2.05) is 43.0 Å². The van der Waals surface area contributed by atoms with Crippen LogP contribution in [-0.4, -0.2) is 53.2 Å². The summed E-state index contributed by atoms with van der Waals surface area (Å²) < 4.78 is 11.7. The molecule has 0 bridgehead atoms. The molecule has 1 aromatic carbocycles. The summed E-state index contributed by atoms with van der Waals surface area (Å²) in [5.41, 5.74) is 2.37. The fourth-order valence-corrected chi connectivity index (χ4v) is 4.52. The van der Waals surface area contributed by atoms with Gasteiger partial charge < -0.3 is 14.4 Å². The highest BCUT2D eigenvalue weighted by Crippen LogP contribution is 2.37. The third-order valence-electron chi connectivity index (χ3n) is 5.98. The van der Waals surface area contributed by atoms with E-state index in [1.165, 1.54) is 0 Å². The summed E-state index contributed by atoms with van der Waals surface area (Å²) in [6.07, 6.45) is 3.18. The Morgan fingerprint density at radius 2 is 1.83 bits per heavy atom. The number of amides is 1. The second-order valence-electron chi connectivity index (χ2n) is 8.13. The largest absolute Gasteiger partial charge is 0.458 e. The number of likely N-dealkylation sites (tertiary alicyclic amines) is 1. The Hall–Kier alpha value is -2.47. The molecule has 3 heterocycles. The van der Waals surface area contributed by atoms with Crippen LogP contribution >= 0.6 is 0 Å². The molecule has 154 valence electrons. The van der Waals surface area contributed by atoms with E-state index in [4.69, 9.17) is 9.47 Å². The summed E-state index contributed by atoms with van der Waals surface area (Å²) in [5, 5.41) is 0. The molecule has 0 spiro atoms. The number of carbonyl (C=O) groups excluding carboxylic acids is 1. The highest BCUT2D eigenvalue weighted by atomic mass is 16.5. The molecule has 2 aliphatic heterocycles. The number of piperidine rings is 1. The van der Waals surface area contributed by atoms with E-state index < -0.39 is 5.41 Å². The van der Waals surface area contributed by atoms with E-state index in [0.29, 0.717) is 25.8 Å². The second kappa shape index (κ2) is 8.49. The first-order valence-corrected chi connectivity index (χ1v) is 10.5. The number of ether oxygens (including phenoxy) is 2. The third-order valence-corrected chi connectivity index (χ3v) is 5.98. The highest BCUT2D eigenvalue weighted by Gasteiger charge is 2.45. The van der Waals surface area contributed by atoms with Crippen molar-refractivity contribution in [2.45, 2.75) is 51.0 Å². The molecule has 2 saturated heterocycles. The maximum absolute atomic E-state index is 13.8. The SMILES string of the molecule is Cc1cc(C)nc(O[C@@H]2CCCN(C(=O)C3(c4ccccc4)CCOCC3)C2)n1. The first-order valence-electron chi connectivity index (χ1n) is 10.5. The second-order valence-corrected chi connectivity index (χ2v) is 8.13. The van der Waals surface area contributed by atoms with Crippen molar-refractivity contribution < 1.29 is 14.3 Å². The molecular formula is C23H29N3O3. The van der Waals surface area contributed by atoms with Gasteiger partial charge in [-0.1, -0.05) is 30.3 Å². The van der Waals surface area contributed by atoms with Crippen LogP contribution in [0.2, 0.25) is 0 Å². The Kier molecular flexibility index (Phi) is 5.81. The Morgan fingerprint density at radius 1 is 1.14 bits per heavy atom. The molecule has 0 saturated carbocycles. The van der Waals surface area contributed by atoms with Crippen LogP contribution in [0.4, 0.5) is 0 Å². The molecule has 29 heavy (non-hydrogen) atoms. The number of aryl methyl sites for hydroxylation is 2. The fraction of sp³-hybridized carbons (Fsp3) is 0.522. The summed E-state index contributed by atoms with van der Waals surface area (Å²) in [6.45, 7) is 6.45. The molecule has 6 nitrogen and oxygen atoms in total. The van der Waals surface area contributed by atoms with Gasteiger partial charge in [0, 0.05) is 31.1 Å². The molecule has 6 heteroatoms. The lowest BCUT2D eigenvalue weighted by atomic mass is 9.72. The van der Waals surface area contributed by atoms with Gasteiger partial charge in [-0.15, -0.1) is 0 Å². The Balaban J connectivity index is 1.52. The van der Waals surface area contributed by atoms with Gasteiger partial charge in [-0.25, -0.2) is 9.97 Å². The van der Waals surface area contributed by atoms with Gasteiger partial charge in [0.1, 0.15) is 6.10 Å². The van der Waals surface area contributed by atoms with Crippen molar-refractivity contribution >= 4 is 5.91 Å². The van der Waals surface area contributed by atoms with E-state index in [2.05, 4.69) is 22.1 Å². The molecule has 2 aliphatic rings. The van der Waals surface area contributed by atoms with Crippen molar-refractivity contribution in [1.29, 1.82) is 0 Å². The molecule has 2 fully saturated rings. The fourth-order valence-electron chi connectivity index (χ4n) is 4.52. The van der Waals surface area contributed by atoms with E-state index in [-0.39, 0.29) is 12.0 Å². The molecular weight excluding hydrogens is 366 g/mol. The van der Waals surface area contributed by atoms with Gasteiger partial charge >= 0.3 is 6.01 Å². The monoisotopic (exact) mass is 395 g/mol. The minimum absolute atomic E-state index is 0.0819. The van der Waals surface area contributed by atoms with Crippen LogP contribution in [0.1, 0.15) is 42.6 Å². The van der Waals surface area contributed by atoms with Crippen LogP contribution in [0.25, 0.3) is 0 Å². The van der Waals surface area contributed by atoms with Crippen LogP contribution in [0.5, 0.6) is 6.01 Å². The van der Waals surface area contributed by atoms with E-state index >= 15 is 0 Å². The summed E-state index contributed by atoms with van der Waals surface area (Å²) in [4.78, 5) is 24.5. The van der Waals surface area contributed by atoms with Gasteiger partial charge in [0.25, 0.3) is 0 Å². The summed E-state index contributed by atoms with van der Waals surface area (Å²) in [7, 11) is 0. The van der Waals surface area contributed by atoms with Crippen molar-refractivity contribution in [2.24, 2.45) is 0 Å². The number of aromatic nitrogens is 2. The highest BCUT2D eigenvalue weighted by molar-refractivity contribution is 5.88. The number of carbonyl (C=O) groups is 1. The number of hydrogen-bond donors (Lipinski definition) is 0. The zero-order chi connectivity index (χ0) is 20.3. The zero-order valence-corrected chi connectivity index (χ0v) is 17.3. The lowest BCUT2D eigenvalue weighted by Gasteiger charge is -2.42. The predicted molar refractivity (Wildman–Crippen MR) is 110 cm³/mol. The minimum atomic E-state index is -0.502. The molecule has 0 aliphatic carbocycles. The molecule has 0 N–H and O–H groups in total. The van der Waals surface area contributed by atoms with Crippen molar-refractivity contribution in [3.05, 3.63) is 53.3 Å². The van der Waals surface area contributed by atoms with Gasteiger partial charge in [-0.05, 0) is 51.2 Å². The Bertz CT molecular complexity index is 829. The molecule has 1 aromatic heterocycles. The molecule has 1 amide bonds. The third kappa shape index (κ3) is 4.27. The van der Waals surface area contributed by atoms with Crippen LogP contribution in [0.15, 0.2) is 36.4 Å². The predicted octanol–water partition coefficient (Wildman–Crippen LogP) is 3.21. The maximum Gasteiger partial charge on any atom is 0.317 e. The summed E-state index contributed by atoms with van der Waals surface area (Å²) >= 11 is 0. The lowest BCUT2D eigenvalue weighted by molar-refractivity contribution is -0.144. The van der Waals surface area contributed by atoms with Crippen LogP contribution < -0.4 is 4.74 Å². The molecule has 0 unspecified atom stereocenters. The zero-order valence-electron chi connectivity index (χ0n) is 17.3. The van der Waals surface area contributed by atoms with Crippen molar-refractivity contribution in [1.82, 2.24) is 14.9 Å². The van der Waals surface area contributed by atoms with Gasteiger partial charge in [-0.2, -0.15) is 0 Å². The van der Waals surface area contributed by atoms with Crippen molar-refractivity contribution in [2.75, 3.05) is 26.3 Å². The molecule has 2 aromatic rings. The minimum Gasteiger partial charge on any atom is -0.458 e. The van der Waals surface area contributed by atoms with Crippen molar-refractivity contribution in [3.8, 4) is 6.01 Å². The molecule has 4 rings (SSSR count). The standard InChI is InChI=1S/C23H29N3O3/c1-17-15-18(2)25-22(24-17)29-20-9-6-12-26(16-20)21(27)23(10-13-28-14-11-23)19-7-4-3-5-8-19/h3-5,7-8,15,20H,6,9-14,16H2,1-2H3/t20-/m1/s1. The lowest BCUT2D eigenvalue weighted by Crippen LogP contribution is -2.54. The molecule has 0 radical (unpaired) electrons. The topological polar surface area (TPSA) is 64.5 Å². The first kappa shape index (κ1) is 19.8. The van der Waals surface area contributed by atoms with Crippen molar-refractivity contribution in [3.63, 3.8) is 0 Å². The number of rotatable bonds is 4. The van der Waals surface area contributed by atoms with Crippen LogP contribution in [-0.2, 0) is 14.9 Å². The number of benzene rings is 1. The smallest absolute Gasteiger partial charge is 0.317 e. The average molecular weight is 396 g/mol. The summed E-state index contributed by atoms with van der Waals surface area (Å²) in [5.74, 6) is 0.196. The Labute approximate surface area is 172 Å².